The van der Waals surface area contributed by atoms with Crippen molar-refractivity contribution in [2.24, 2.45) is 0 Å². The van der Waals surface area contributed by atoms with E-state index in [1.807, 2.05) is 25.3 Å². The van der Waals surface area contributed by atoms with Crippen LogP contribution in [0.3, 0.4) is 0 Å². The Balaban J connectivity index is 2.33. The third kappa shape index (κ3) is 3.00. The number of rotatable bonds is 4. The van der Waals surface area contributed by atoms with Crippen molar-refractivity contribution in [1.82, 2.24) is 0 Å². The molecule has 0 atom stereocenters. The zero-order valence-corrected chi connectivity index (χ0v) is 12.8. The van der Waals surface area contributed by atoms with Gasteiger partial charge in [0.1, 0.15) is 6.54 Å². The molecule has 0 aliphatic carbocycles. The molecule has 0 radical (unpaired) electrons. The van der Waals surface area contributed by atoms with E-state index in [9.17, 15) is 18.0 Å². The predicted molar refractivity (Wildman–Crippen MR) is 77.2 cm³/mol. The average molecular weight is 314 g/mol. The molecule has 0 saturated heterocycles. The molecule has 0 spiro atoms. The maximum absolute atomic E-state index is 12.3. The van der Waals surface area contributed by atoms with Gasteiger partial charge in [-0.15, -0.1) is 0 Å². The Morgan fingerprint density at radius 3 is 2.50 bits per heavy atom. The van der Waals surface area contributed by atoms with Crippen LogP contribution in [0.25, 0.3) is 0 Å². The summed E-state index contributed by atoms with van der Waals surface area (Å²) in [6.07, 6.45) is -4.96. The Bertz CT molecular complexity index is 645. The summed E-state index contributed by atoms with van der Waals surface area (Å²) in [5.74, 6) is -1.01. The third-order valence-electron chi connectivity index (χ3n) is 4.36. The molecular weight excluding hydrogens is 295 g/mol. The first-order chi connectivity index (χ1) is 10.0. The fourth-order valence-electron chi connectivity index (χ4n) is 2.84. The highest BCUT2D eigenvalue weighted by molar-refractivity contribution is 5.95. The standard InChI is InChI=1S/C16H18F3NO2/c1-10-15(2,3)12-9-11(14(21)22)5-6-13(12)20(10)8-4-7-16(17,18)19/h5-6,9H,4,7-8H2,1-3H3/p+1. The molecule has 1 aliphatic rings. The summed E-state index contributed by atoms with van der Waals surface area (Å²) in [5.41, 5.74) is 2.38. The van der Waals surface area contributed by atoms with Gasteiger partial charge in [-0.1, -0.05) is 0 Å². The van der Waals surface area contributed by atoms with Gasteiger partial charge < -0.3 is 5.11 Å². The van der Waals surface area contributed by atoms with Gasteiger partial charge in [-0.05, 0) is 26.0 Å². The van der Waals surface area contributed by atoms with Gasteiger partial charge in [-0.2, -0.15) is 17.7 Å². The zero-order valence-electron chi connectivity index (χ0n) is 12.8. The quantitative estimate of drug-likeness (QED) is 0.849. The van der Waals surface area contributed by atoms with Gasteiger partial charge in [0, 0.05) is 31.4 Å². The molecule has 22 heavy (non-hydrogen) atoms. The van der Waals surface area contributed by atoms with Crippen molar-refractivity contribution in [3.63, 3.8) is 0 Å². The monoisotopic (exact) mass is 314 g/mol. The SMILES string of the molecule is CC1=[N+](CCCC(F)(F)F)c2ccc(C(=O)O)cc2C1(C)C. The first-order valence-corrected chi connectivity index (χ1v) is 7.10. The summed E-state index contributed by atoms with van der Waals surface area (Å²) in [6.45, 7) is 6.06. The summed E-state index contributed by atoms with van der Waals surface area (Å²) in [4.78, 5) is 11.1. The molecule has 0 amide bonds. The molecule has 2 rings (SSSR count). The second-order valence-electron chi connectivity index (χ2n) is 6.12. The van der Waals surface area contributed by atoms with Gasteiger partial charge >= 0.3 is 12.1 Å². The fraction of sp³-hybridized carbons (Fsp3) is 0.500. The Labute approximate surface area is 127 Å². The lowest BCUT2D eigenvalue weighted by Crippen LogP contribution is -2.27. The molecule has 1 N–H and O–H groups in total. The molecule has 120 valence electrons. The number of benzene rings is 1. The minimum atomic E-state index is -4.15. The van der Waals surface area contributed by atoms with E-state index < -0.39 is 18.6 Å². The normalized spacial score (nSPS) is 16.8. The van der Waals surface area contributed by atoms with Crippen LogP contribution in [0.1, 0.15) is 49.5 Å². The number of carboxylic acids is 1. The zero-order chi connectivity index (χ0) is 16.7. The van der Waals surface area contributed by atoms with Gasteiger partial charge in [0.15, 0.2) is 5.71 Å². The molecule has 6 heteroatoms. The molecule has 1 heterocycles. The number of alkyl halides is 3. The fourth-order valence-corrected chi connectivity index (χ4v) is 2.84. The van der Waals surface area contributed by atoms with E-state index in [1.54, 1.807) is 12.1 Å². The largest absolute Gasteiger partial charge is 0.478 e. The van der Waals surface area contributed by atoms with Crippen LogP contribution >= 0.6 is 0 Å². The molecule has 0 fully saturated rings. The topological polar surface area (TPSA) is 40.3 Å². The van der Waals surface area contributed by atoms with Crippen LogP contribution in [-0.4, -0.2) is 34.1 Å². The number of aromatic carboxylic acids is 1. The van der Waals surface area contributed by atoms with Gasteiger partial charge in [0.2, 0.25) is 5.69 Å². The minimum Gasteiger partial charge on any atom is -0.478 e. The first-order valence-electron chi connectivity index (χ1n) is 7.10. The lowest BCUT2D eigenvalue weighted by Gasteiger charge is -2.15. The van der Waals surface area contributed by atoms with E-state index in [-0.39, 0.29) is 23.9 Å². The van der Waals surface area contributed by atoms with Crippen molar-refractivity contribution in [2.75, 3.05) is 6.54 Å². The van der Waals surface area contributed by atoms with E-state index >= 15 is 0 Å². The maximum Gasteiger partial charge on any atom is 0.389 e. The summed E-state index contributed by atoms with van der Waals surface area (Å²) in [7, 11) is 0. The van der Waals surface area contributed by atoms with Crippen LogP contribution in [0.15, 0.2) is 18.2 Å². The summed E-state index contributed by atoms with van der Waals surface area (Å²) >= 11 is 0. The van der Waals surface area contributed by atoms with Crippen LogP contribution in [0.5, 0.6) is 0 Å². The van der Waals surface area contributed by atoms with E-state index in [0.29, 0.717) is 0 Å². The van der Waals surface area contributed by atoms with Gasteiger partial charge in [0.25, 0.3) is 0 Å². The van der Waals surface area contributed by atoms with Gasteiger partial charge in [-0.25, -0.2) is 4.79 Å². The highest BCUT2D eigenvalue weighted by Gasteiger charge is 2.43. The lowest BCUT2D eigenvalue weighted by molar-refractivity contribution is -0.441. The maximum atomic E-state index is 12.3. The summed E-state index contributed by atoms with van der Waals surface area (Å²) in [5, 5.41) is 9.10. The lowest BCUT2D eigenvalue weighted by atomic mass is 9.81. The van der Waals surface area contributed by atoms with Crippen molar-refractivity contribution in [2.45, 2.75) is 45.2 Å². The summed E-state index contributed by atoms with van der Waals surface area (Å²) < 4.78 is 38.8. The summed E-state index contributed by atoms with van der Waals surface area (Å²) in [6, 6.07) is 4.79. The number of carboxylic acid groups (broad SMARTS) is 1. The van der Waals surface area contributed by atoms with Gasteiger partial charge in [0.05, 0.1) is 11.0 Å². The first kappa shape index (κ1) is 16.5. The van der Waals surface area contributed by atoms with Crippen LogP contribution in [0, 0.1) is 0 Å². The number of halogens is 3. The molecule has 1 aromatic rings. The minimum absolute atomic E-state index is 0.0110. The Hall–Kier alpha value is -1.85. The van der Waals surface area contributed by atoms with E-state index in [4.69, 9.17) is 5.11 Å². The number of hydrogen-bond donors (Lipinski definition) is 1. The number of nitrogens with zero attached hydrogens (tertiary/aromatic N) is 1. The van der Waals surface area contributed by atoms with Crippen molar-refractivity contribution in [3.05, 3.63) is 29.3 Å². The molecule has 1 aliphatic heterocycles. The van der Waals surface area contributed by atoms with Crippen LogP contribution < -0.4 is 0 Å². The predicted octanol–water partition coefficient (Wildman–Crippen LogP) is 4.12. The van der Waals surface area contributed by atoms with E-state index in [1.165, 1.54) is 6.07 Å². The third-order valence-corrected chi connectivity index (χ3v) is 4.36. The van der Waals surface area contributed by atoms with E-state index in [2.05, 4.69) is 0 Å². The Morgan fingerprint density at radius 2 is 1.95 bits per heavy atom. The Morgan fingerprint density at radius 1 is 1.32 bits per heavy atom. The molecule has 3 nitrogen and oxygen atoms in total. The molecule has 0 saturated carbocycles. The second-order valence-corrected chi connectivity index (χ2v) is 6.12. The second kappa shape index (κ2) is 5.41. The highest BCUT2D eigenvalue weighted by Crippen LogP contribution is 2.40. The highest BCUT2D eigenvalue weighted by atomic mass is 19.4. The van der Waals surface area contributed by atoms with Crippen LogP contribution in [0.4, 0.5) is 18.9 Å². The van der Waals surface area contributed by atoms with Crippen molar-refractivity contribution >= 4 is 17.4 Å². The smallest absolute Gasteiger partial charge is 0.389 e. The number of carbonyl (C=O) groups is 1. The van der Waals surface area contributed by atoms with Crippen molar-refractivity contribution < 1.29 is 27.6 Å². The number of fused-ring (bicyclic) bond motifs is 1. The molecule has 0 aromatic heterocycles. The molecule has 0 unspecified atom stereocenters. The molecule has 1 aromatic carbocycles. The molecule has 0 bridgehead atoms. The Kier molecular flexibility index (Phi) is 4.06. The average Bonchev–Trinajstić information content (AvgIpc) is 2.58. The van der Waals surface area contributed by atoms with Gasteiger partial charge in [-0.3, -0.25) is 0 Å². The number of hydrogen-bond acceptors (Lipinski definition) is 1. The van der Waals surface area contributed by atoms with Crippen LogP contribution in [0.2, 0.25) is 0 Å². The van der Waals surface area contributed by atoms with Crippen LogP contribution in [-0.2, 0) is 5.41 Å². The van der Waals surface area contributed by atoms with Crippen molar-refractivity contribution in [1.29, 1.82) is 0 Å². The van der Waals surface area contributed by atoms with E-state index in [0.717, 1.165) is 17.0 Å². The van der Waals surface area contributed by atoms with Crippen molar-refractivity contribution in [3.8, 4) is 0 Å². The molecular formula is C16H19F3NO2+.